The molecule has 0 unspecified atom stereocenters. The van der Waals surface area contributed by atoms with Crippen molar-refractivity contribution in [1.82, 2.24) is 4.90 Å². The summed E-state index contributed by atoms with van der Waals surface area (Å²) in [4.78, 5) is 29.1. The lowest BCUT2D eigenvalue weighted by Crippen LogP contribution is -2.31. The smallest absolute Gasteiger partial charge is 0.318 e. The fraction of sp³-hybridized carbons (Fsp3) is 0.231. The molecule has 0 heterocycles. The first-order valence-electron chi connectivity index (χ1n) is 10.2. The van der Waals surface area contributed by atoms with Crippen LogP contribution in [-0.2, 0) is 20.9 Å². The average Bonchev–Trinajstić information content (AvgIpc) is 2.79. The second kappa shape index (κ2) is 10.4. The maximum absolute atomic E-state index is 12.9. The number of anilines is 1. The first-order chi connectivity index (χ1) is 15.0. The molecule has 0 aromatic heterocycles. The van der Waals surface area contributed by atoms with E-state index in [1.54, 1.807) is 11.9 Å². The molecule has 0 radical (unpaired) electrons. The zero-order valence-electron chi connectivity index (χ0n) is 18.2. The summed E-state index contributed by atoms with van der Waals surface area (Å²) in [5.74, 6) is -1.25. The van der Waals surface area contributed by atoms with Gasteiger partial charge in [0.15, 0.2) is 6.61 Å². The van der Waals surface area contributed by atoms with Gasteiger partial charge >= 0.3 is 5.97 Å². The number of esters is 1. The Hall–Kier alpha value is -3.60. The number of carbonyl (C=O) groups is 2. The highest BCUT2D eigenvalue weighted by molar-refractivity contribution is 5.85. The van der Waals surface area contributed by atoms with E-state index >= 15 is 0 Å². The topological polar surface area (TPSA) is 49.9 Å². The van der Waals surface area contributed by atoms with Gasteiger partial charge in [-0.1, -0.05) is 72.8 Å². The van der Waals surface area contributed by atoms with Crippen LogP contribution >= 0.6 is 0 Å². The minimum atomic E-state index is -0.570. The zero-order chi connectivity index (χ0) is 22.2. The number of hydrogen-bond donors (Lipinski definition) is 0. The van der Waals surface area contributed by atoms with Crippen LogP contribution in [0.15, 0.2) is 84.9 Å². The van der Waals surface area contributed by atoms with E-state index in [0.29, 0.717) is 6.54 Å². The minimum absolute atomic E-state index is 0.245. The van der Waals surface area contributed by atoms with E-state index in [-0.39, 0.29) is 12.5 Å². The highest BCUT2D eigenvalue weighted by Crippen LogP contribution is 2.26. The van der Waals surface area contributed by atoms with Crippen molar-refractivity contribution < 1.29 is 14.3 Å². The molecule has 3 aromatic rings. The number of nitrogens with zero attached hydrogens (tertiary/aromatic N) is 2. The SMILES string of the molecule is CN(Cc1ccc(N(C)C)cc1)C(=O)COC(=O)C(c1ccccc1)c1ccccc1. The molecule has 0 aliphatic carbocycles. The number of rotatable bonds is 8. The summed E-state index contributed by atoms with van der Waals surface area (Å²) < 4.78 is 5.45. The molecule has 160 valence electrons. The van der Waals surface area contributed by atoms with Crippen molar-refractivity contribution in [2.75, 3.05) is 32.6 Å². The Bertz CT molecular complexity index is 947. The number of hydrogen-bond acceptors (Lipinski definition) is 4. The van der Waals surface area contributed by atoms with Crippen molar-refractivity contribution in [3.8, 4) is 0 Å². The Morgan fingerprint density at radius 2 is 1.29 bits per heavy atom. The van der Waals surface area contributed by atoms with Crippen LogP contribution in [0.1, 0.15) is 22.6 Å². The molecule has 5 heteroatoms. The first-order valence-corrected chi connectivity index (χ1v) is 10.2. The number of carbonyl (C=O) groups excluding carboxylic acids is 2. The molecular formula is C26H28N2O3. The quantitative estimate of drug-likeness (QED) is 0.519. The first kappa shape index (κ1) is 22.1. The van der Waals surface area contributed by atoms with Crippen molar-refractivity contribution in [2.45, 2.75) is 12.5 Å². The molecule has 0 fully saturated rings. The van der Waals surface area contributed by atoms with Crippen LogP contribution in [0.5, 0.6) is 0 Å². The Morgan fingerprint density at radius 1 is 0.774 bits per heavy atom. The lowest BCUT2D eigenvalue weighted by Gasteiger charge is -2.20. The van der Waals surface area contributed by atoms with E-state index in [1.807, 2.05) is 104 Å². The lowest BCUT2D eigenvalue weighted by molar-refractivity contribution is -0.152. The molecule has 0 saturated carbocycles. The fourth-order valence-electron chi connectivity index (χ4n) is 3.34. The number of benzene rings is 3. The molecule has 0 aliphatic heterocycles. The van der Waals surface area contributed by atoms with Crippen molar-refractivity contribution in [1.29, 1.82) is 0 Å². The van der Waals surface area contributed by atoms with Gasteiger partial charge in [0.25, 0.3) is 5.91 Å². The van der Waals surface area contributed by atoms with Gasteiger partial charge in [-0.15, -0.1) is 0 Å². The third kappa shape index (κ3) is 5.95. The van der Waals surface area contributed by atoms with E-state index < -0.39 is 11.9 Å². The summed E-state index contributed by atoms with van der Waals surface area (Å²) in [6.07, 6.45) is 0. The maximum atomic E-state index is 12.9. The minimum Gasteiger partial charge on any atom is -0.455 e. The molecule has 0 bridgehead atoms. The molecule has 3 aromatic carbocycles. The van der Waals surface area contributed by atoms with Crippen LogP contribution in [0.2, 0.25) is 0 Å². The van der Waals surface area contributed by atoms with Gasteiger partial charge in [-0.25, -0.2) is 0 Å². The molecule has 3 rings (SSSR count). The maximum Gasteiger partial charge on any atom is 0.318 e. The van der Waals surface area contributed by atoms with Gasteiger partial charge in [0.1, 0.15) is 5.92 Å². The summed E-state index contributed by atoms with van der Waals surface area (Å²) in [5.41, 5.74) is 3.78. The molecule has 5 nitrogen and oxygen atoms in total. The Kier molecular flexibility index (Phi) is 7.44. The Morgan fingerprint density at radius 3 is 1.77 bits per heavy atom. The third-order valence-electron chi connectivity index (χ3n) is 5.14. The van der Waals surface area contributed by atoms with Crippen molar-refractivity contribution in [3.05, 3.63) is 102 Å². The zero-order valence-corrected chi connectivity index (χ0v) is 18.2. The third-order valence-corrected chi connectivity index (χ3v) is 5.14. The van der Waals surface area contributed by atoms with Gasteiger partial charge in [-0.2, -0.15) is 0 Å². The van der Waals surface area contributed by atoms with Gasteiger partial charge in [-0.05, 0) is 28.8 Å². The molecule has 0 atom stereocenters. The van der Waals surface area contributed by atoms with Crippen molar-refractivity contribution in [3.63, 3.8) is 0 Å². The second-order valence-corrected chi connectivity index (χ2v) is 7.67. The lowest BCUT2D eigenvalue weighted by atomic mass is 9.91. The van der Waals surface area contributed by atoms with Crippen LogP contribution in [-0.4, -0.2) is 44.5 Å². The molecule has 1 amide bonds. The summed E-state index contributed by atoms with van der Waals surface area (Å²) in [7, 11) is 5.68. The van der Waals surface area contributed by atoms with Crippen molar-refractivity contribution >= 4 is 17.6 Å². The monoisotopic (exact) mass is 416 g/mol. The largest absolute Gasteiger partial charge is 0.455 e. The highest BCUT2D eigenvalue weighted by Gasteiger charge is 2.25. The van der Waals surface area contributed by atoms with Crippen LogP contribution in [0.25, 0.3) is 0 Å². The van der Waals surface area contributed by atoms with Gasteiger partial charge in [0, 0.05) is 33.4 Å². The standard InChI is InChI=1S/C26H28N2O3/c1-27(2)23-16-14-20(15-17-23)18-28(3)24(29)19-31-26(30)25(21-10-6-4-7-11-21)22-12-8-5-9-13-22/h4-17,25H,18-19H2,1-3H3. The number of likely N-dealkylation sites (N-methyl/N-ethyl adjacent to an activating group) is 1. The van der Waals surface area contributed by atoms with Gasteiger partial charge in [-0.3, -0.25) is 9.59 Å². The number of amides is 1. The molecule has 0 saturated heterocycles. The molecule has 0 N–H and O–H groups in total. The summed E-state index contributed by atoms with van der Waals surface area (Å²) in [6.45, 7) is 0.159. The summed E-state index contributed by atoms with van der Waals surface area (Å²) >= 11 is 0. The van der Waals surface area contributed by atoms with E-state index in [0.717, 1.165) is 22.4 Å². The predicted octanol–water partition coefficient (Wildman–Crippen LogP) is 4.09. The normalized spacial score (nSPS) is 10.6. The van der Waals surface area contributed by atoms with Crippen molar-refractivity contribution in [2.24, 2.45) is 0 Å². The van der Waals surface area contributed by atoms with Crippen LogP contribution in [0.3, 0.4) is 0 Å². The Labute approximate surface area is 183 Å². The molecule has 0 aliphatic rings. The fourth-order valence-corrected chi connectivity index (χ4v) is 3.34. The molecule has 0 spiro atoms. The van der Waals surface area contributed by atoms with E-state index in [2.05, 4.69) is 0 Å². The molecule has 31 heavy (non-hydrogen) atoms. The van der Waals surface area contributed by atoms with Gasteiger partial charge in [0.05, 0.1) is 0 Å². The molecular weight excluding hydrogens is 388 g/mol. The highest BCUT2D eigenvalue weighted by atomic mass is 16.5. The van der Waals surface area contributed by atoms with Crippen LogP contribution in [0, 0.1) is 0 Å². The summed E-state index contributed by atoms with van der Waals surface area (Å²) in [6, 6.07) is 26.9. The number of ether oxygens (including phenoxy) is 1. The van der Waals surface area contributed by atoms with Crippen LogP contribution in [0.4, 0.5) is 5.69 Å². The Balaban J connectivity index is 1.62. The average molecular weight is 417 g/mol. The van der Waals surface area contributed by atoms with E-state index in [4.69, 9.17) is 4.74 Å². The van der Waals surface area contributed by atoms with Gasteiger partial charge in [0.2, 0.25) is 0 Å². The van der Waals surface area contributed by atoms with Gasteiger partial charge < -0.3 is 14.5 Å². The van der Waals surface area contributed by atoms with E-state index in [1.165, 1.54) is 0 Å². The van der Waals surface area contributed by atoms with Crippen LogP contribution < -0.4 is 4.90 Å². The van der Waals surface area contributed by atoms with E-state index in [9.17, 15) is 9.59 Å². The predicted molar refractivity (Wildman–Crippen MR) is 123 cm³/mol. The second-order valence-electron chi connectivity index (χ2n) is 7.67. The summed E-state index contributed by atoms with van der Waals surface area (Å²) in [5, 5.41) is 0.